The maximum Gasteiger partial charge on any atom is 0.178 e. The van der Waals surface area contributed by atoms with Crippen LogP contribution in [-0.2, 0) is 22.6 Å². The standard InChI is InChI=1S/C27H33N7O3/c1-18(2)34-27(29-17-30-34)22-16-32-9-12-35-24-14-20(7-8-21(24)26(32)31-22)23-15-28-19(3)33(23)10-13-37-25-6-4-5-11-36-25/h7-8,14-18,25H,4-6,9-13H2,1-3H3. The summed E-state index contributed by atoms with van der Waals surface area (Å²) in [6, 6.07) is 6.49. The minimum atomic E-state index is -0.0927. The number of fused-ring (bicyclic) bond motifs is 3. The summed E-state index contributed by atoms with van der Waals surface area (Å²) >= 11 is 0. The van der Waals surface area contributed by atoms with Gasteiger partial charge in [0.25, 0.3) is 0 Å². The Morgan fingerprint density at radius 3 is 2.89 bits per heavy atom. The zero-order valence-corrected chi connectivity index (χ0v) is 21.6. The van der Waals surface area contributed by atoms with Crippen molar-refractivity contribution in [3.63, 3.8) is 0 Å². The summed E-state index contributed by atoms with van der Waals surface area (Å²) in [5.41, 5.74) is 3.86. The van der Waals surface area contributed by atoms with E-state index >= 15 is 0 Å². The highest BCUT2D eigenvalue weighted by Crippen LogP contribution is 2.37. The third kappa shape index (κ3) is 4.67. The van der Waals surface area contributed by atoms with Crippen molar-refractivity contribution in [2.75, 3.05) is 19.8 Å². The van der Waals surface area contributed by atoms with Gasteiger partial charge in [-0.25, -0.2) is 19.6 Å². The molecule has 3 aromatic heterocycles. The molecule has 2 aliphatic rings. The van der Waals surface area contributed by atoms with E-state index in [9.17, 15) is 0 Å². The summed E-state index contributed by atoms with van der Waals surface area (Å²) in [7, 11) is 0. The summed E-state index contributed by atoms with van der Waals surface area (Å²) in [6.07, 6.45) is 8.69. The Balaban J connectivity index is 1.27. The number of rotatable bonds is 7. The van der Waals surface area contributed by atoms with E-state index in [1.807, 2.05) is 24.0 Å². The molecule has 1 fully saturated rings. The fourth-order valence-corrected chi connectivity index (χ4v) is 5.06. The number of benzene rings is 1. The van der Waals surface area contributed by atoms with Crippen LogP contribution in [0.1, 0.15) is 45.0 Å². The second kappa shape index (κ2) is 10.1. The predicted octanol–water partition coefficient (Wildman–Crippen LogP) is 4.50. The van der Waals surface area contributed by atoms with Crippen molar-refractivity contribution in [3.8, 4) is 39.9 Å². The molecule has 10 nitrogen and oxygen atoms in total. The maximum absolute atomic E-state index is 6.19. The number of aryl methyl sites for hydroxylation is 1. The van der Waals surface area contributed by atoms with E-state index < -0.39 is 0 Å². The molecular formula is C27H33N7O3. The molecule has 37 heavy (non-hydrogen) atoms. The van der Waals surface area contributed by atoms with Gasteiger partial charge in [-0.05, 0) is 52.2 Å². The Morgan fingerprint density at radius 2 is 2.05 bits per heavy atom. The van der Waals surface area contributed by atoms with Gasteiger partial charge in [0, 0.05) is 31.0 Å². The number of hydrogen-bond donors (Lipinski definition) is 0. The van der Waals surface area contributed by atoms with Gasteiger partial charge in [0.05, 0.1) is 30.6 Å². The van der Waals surface area contributed by atoms with Crippen LogP contribution in [0.4, 0.5) is 0 Å². The molecule has 0 amide bonds. The quantitative estimate of drug-likeness (QED) is 0.367. The number of ether oxygens (including phenoxy) is 3. The predicted molar refractivity (Wildman–Crippen MR) is 138 cm³/mol. The summed E-state index contributed by atoms with van der Waals surface area (Å²) in [4.78, 5) is 14.0. The third-order valence-corrected chi connectivity index (χ3v) is 6.99. The highest BCUT2D eigenvalue weighted by atomic mass is 16.7. The van der Waals surface area contributed by atoms with Crippen molar-refractivity contribution >= 4 is 0 Å². The van der Waals surface area contributed by atoms with Gasteiger partial charge in [0.1, 0.15) is 36.0 Å². The molecule has 6 rings (SSSR count). The lowest BCUT2D eigenvalue weighted by Crippen LogP contribution is -2.24. The summed E-state index contributed by atoms with van der Waals surface area (Å²) < 4.78 is 24.1. The first-order chi connectivity index (χ1) is 18.1. The molecule has 1 unspecified atom stereocenters. The lowest BCUT2D eigenvalue weighted by atomic mass is 10.1. The molecule has 5 heterocycles. The van der Waals surface area contributed by atoms with Gasteiger partial charge in [-0.1, -0.05) is 6.07 Å². The van der Waals surface area contributed by atoms with Crippen LogP contribution in [0, 0.1) is 6.92 Å². The summed E-state index contributed by atoms with van der Waals surface area (Å²) in [5, 5.41) is 4.37. The molecule has 0 N–H and O–H groups in total. The van der Waals surface area contributed by atoms with Crippen LogP contribution in [0.25, 0.3) is 34.2 Å². The Labute approximate surface area is 216 Å². The molecular weight excluding hydrogens is 470 g/mol. The van der Waals surface area contributed by atoms with Crippen molar-refractivity contribution in [3.05, 3.63) is 42.7 Å². The molecule has 0 spiro atoms. The molecule has 1 atom stereocenters. The van der Waals surface area contributed by atoms with Gasteiger partial charge in [-0.3, -0.25) is 0 Å². The molecule has 1 saturated heterocycles. The Kier molecular flexibility index (Phi) is 6.52. The number of hydrogen-bond acceptors (Lipinski definition) is 7. The average Bonchev–Trinajstić information content (AvgIpc) is 3.62. The monoisotopic (exact) mass is 503 g/mol. The van der Waals surface area contributed by atoms with Crippen LogP contribution in [0.2, 0.25) is 0 Å². The average molecular weight is 504 g/mol. The van der Waals surface area contributed by atoms with Gasteiger partial charge in [0.2, 0.25) is 0 Å². The van der Waals surface area contributed by atoms with E-state index in [1.165, 1.54) is 0 Å². The second-order valence-electron chi connectivity index (χ2n) is 9.83. The second-order valence-corrected chi connectivity index (χ2v) is 9.83. The molecule has 1 aromatic carbocycles. The molecule has 0 saturated carbocycles. The first-order valence-electron chi connectivity index (χ1n) is 13.1. The van der Waals surface area contributed by atoms with E-state index in [2.05, 4.69) is 56.2 Å². The number of aromatic nitrogens is 7. The molecule has 0 radical (unpaired) electrons. The van der Waals surface area contributed by atoms with Gasteiger partial charge < -0.3 is 23.3 Å². The zero-order valence-electron chi connectivity index (χ0n) is 21.6. The van der Waals surface area contributed by atoms with Crippen LogP contribution < -0.4 is 4.74 Å². The van der Waals surface area contributed by atoms with Crippen molar-refractivity contribution in [2.24, 2.45) is 0 Å². The highest BCUT2D eigenvalue weighted by molar-refractivity contribution is 5.74. The van der Waals surface area contributed by atoms with Gasteiger partial charge in [-0.15, -0.1) is 0 Å². The SMILES string of the molecule is Cc1ncc(-c2ccc3c(c2)OCCn2cc(-c4ncnn4C(C)C)nc2-3)n1CCOC1CCCCO1. The van der Waals surface area contributed by atoms with E-state index in [4.69, 9.17) is 19.2 Å². The van der Waals surface area contributed by atoms with Crippen LogP contribution in [0.5, 0.6) is 5.75 Å². The van der Waals surface area contributed by atoms with Crippen LogP contribution in [0.15, 0.2) is 36.9 Å². The molecule has 2 aliphatic heterocycles. The fraction of sp³-hybridized carbons (Fsp3) is 0.481. The Morgan fingerprint density at radius 1 is 1.14 bits per heavy atom. The van der Waals surface area contributed by atoms with E-state index in [-0.39, 0.29) is 12.3 Å². The minimum Gasteiger partial charge on any atom is -0.491 e. The molecule has 0 aliphatic carbocycles. The number of imidazole rings is 2. The minimum absolute atomic E-state index is 0.0927. The van der Waals surface area contributed by atoms with Gasteiger partial charge in [-0.2, -0.15) is 5.10 Å². The molecule has 0 bridgehead atoms. The highest BCUT2D eigenvalue weighted by Gasteiger charge is 2.23. The van der Waals surface area contributed by atoms with Gasteiger partial charge >= 0.3 is 0 Å². The van der Waals surface area contributed by atoms with Crippen molar-refractivity contribution in [1.29, 1.82) is 0 Å². The third-order valence-electron chi connectivity index (χ3n) is 6.99. The summed E-state index contributed by atoms with van der Waals surface area (Å²) in [6.45, 7) is 9.55. The first kappa shape index (κ1) is 23.9. The van der Waals surface area contributed by atoms with Crippen LogP contribution in [0.3, 0.4) is 0 Å². The first-order valence-corrected chi connectivity index (χ1v) is 13.1. The maximum atomic E-state index is 6.19. The molecule has 194 valence electrons. The lowest BCUT2D eigenvalue weighted by molar-refractivity contribution is -0.163. The van der Waals surface area contributed by atoms with E-state index in [0.717, 1.165) is 71.6 Å². The fourth-order valence-electron chi connectivity index (χ4n) is 5.06. The van der Waals surface area contributed by atoms with Crippen LogP contribution in [-0.4, -0.2) is 60.0 Å². The van der Waals surface area contributed by atoms with E-state index in [1.54, 1.807) is 6.33 Å². The summed E-state index contributed by atoms with van der Waals surface area (Å²) in [5.74, 6) is 3.41. The van der Waals surface area contributed by atoms with Crippen molar-refractivity contribution in [1.82, 2.24) is 33.9 Å². The smallest absolute Gasteiger partial charge is 0.178 e. The topological polar surface area (TPSA) is 94.0 Å². The van der Waals surface area contributed by atoms with Crippen molar-refractivity contribution in [2.45, 2.75) is 65.5 Å². The zero-order chi connectivity index (χ0) is 25.4. The Hall–Kier alpha value is -3.50. The molecule has 10 heteroatoms. The van der Waals surface area contributed by atoms with Crippen LogP contribution >= 0.6 is 0 Å². The Bertz CT molecular complexity index is 1380. The van der Waals surface area contributed by atoms with Gasteiger partial charge in [0.15, 0.2) is 12.1 Å². The number of nitrogens with zero attached hydrogens (tertiary/aromatic N) is 7. The normalized spacial score (nSPS) is 17.4. The van der Waals surface area contributed by atoms with E-state index in [0.29, 0.717) is 26.3 Å². The molecule has 4 aromatic rings. The lowest BCUT2D eigenvalue weighted by Gasteiger charge is -2.23. The van der Waals surface area contributed by atoms with Crippen molar-refractivity contribution < 1.29 is 14.2 Å². The largest absolute Gasteiger partial charge is 0.491 e.